The van der Waals surface area contributed by atoms with E-state index < -0.39 is 0 Å². The lowest BCUT2D eigenvalue weighted by atomic mass is 9.91. The van der Waals surface area contributed by atoms with Crippen molar-refractivity contribution in [2.45, 2.75) is 44.7 Å². The molecule has 2 aromatic carbocycles. The average molecular weight is 468 g/mol. The number of hydrogen-bond donors (Lipinski definition) is 3. The third kappa shape index (κ3) is 4.77. The van der Waals surface area contributed by atoms with Crippen molar-refractivity contribution in [3.63, 3.8) is 0 Å². The zero-order valence-corrected chi connectivity index (χ0v) is 19.7. The highest BCUT2D eigenvalue weighted by molar-refractivity contribution is 5.95. The summed E-state index contributed by atoms with van der Waals surface area (Å²) in [6.07, 6.45) is 5.47. The average Bonchev–Trinajstić information content (AvgIpc) is 3.30. The number of ether oxygens (including phenoxy) is 1. The zero-order valence-electron chi connectivity index (χ0n) is 19.7. The second-order valence-electron chi connectivity index (χ2n) is 8.79. The largest absolute Gasteiger partial charge is 0.494 e. The van der Waals surface area contributed by atoms with Gasteiger partial charge < -0.3 is 21.1 Å². The van der Waals surface area contributed by atoms with E-state index >= 15 is 0 Å². The van der Waals surface area contributed by atoms with Crippen LogP contribution in [0.25, 0.3) is 16.8 Å². The van der Waals surface area contributed by atoms with Gasteiger partial charge in [-0.05, 0) is 62.4 Å². The quantitative estimate of drug-likeness (QED) is 0.347. The third-order valence-electron chi connectivity index (χ3n) is 6.37. The van der Waals surface area contributed by atoms with E-state index in [4.69, 9.17) is 15.6 Å². The second kappa shape index (κ2) is 10.0. The molecule has 5 rings (SSSR count). The Labute approximate surface area is 204 Å². The molecule has 1 aliphatic carbocycles. The summed E-state index contributed by atoms with van der Waals surface area (Å²) in [5, 5.41) is 21.8. The van der Waals surface area contributed by atoms with Crippen molar-refractivity contribution in [2.75, 3.05) is 17.2 Å². The molecule has 0 unspecified atom stereocenters. The van der Waals surface area contributed by atoms with Crippen LogP contribution in [0.4, 0.5) is 17.2 Å². The monoisotopic (exact) mass is 467 g/mol. The van der Waals surface area contributed by atoms with Crippen molar-refractivity contribution in [1.82, 2.24) is 14.6 Å². The van der Waals surface area contributed by atoms with Gasteiger partial charge in [0.25, 0.3) is 0 Å². The molecule has 8 heteroatoms. The van der Waals surface area contributed by atoms with Gasteiger partial charge in [0, 0.05) is 17.8 Å². The van der Waals surface area contributed by atoms with Crippen LogP contribution in [0.2, 0.25) is 0 Å². The Morgan fingerprint density at radius 2 is 1.83 bits per heavy atom. The molecule has 0 bridgehead atoms. The Morgan fingerprint density at radius 1 is 1.09 bits per heavy atom. The van der Waals surface area contributed by atoms with E-state index in [1.165, 1.54) is 0 Å². The summed E-state index contributed by atoms with van der Waals surface area (Å²) in [5.74, 6) is 1.53. The molecule has 0 saturated heterocycles. The number of hydrogen-bond acceptors (Lipinski definition) is 7. The molecule has 4 N–H and O–H groups in total. The number of imidazole rings is 1. The standard InChI is InChI=1S/C27H29N7O/c1-2-35-23-14-12-20(13-15-23)31-25-24(18-6-4-3-5-7-18)26(32-21-10-8-19(29)9-11-21)33-34-22(16-28)17-30-27(25)34/h3-7,12-15,17,19,21,31H,2,8-11,29H2,1H3,(H,32,33)/t19-,21-. The smallest absolute Gasteiger partial charge is 0.179 e. The summed E-state index contributed by atoms with van der Waals surface area (Å²) in [6.45, 7) is 2.58. The van der Waals surface area contributed by atoms with Crippen LogP contribution in [-0.4, -0.2) is 33.3 Å². The van der Waals surface area contributed by atoms with Crippen LogP contribution in [0.15, 0.2) is 60.8 Å². The molecular weight excluding hydrogens is 438 g/mol. The number of fused-ring (bicyclic) bond motifs is 1. The van der Waals surface area contributed by atoms with Crippen LogP contribution < -0.4 is 21.1 Å². The molecule has 0 spiro atoms. The Morgan fingerprint density at radius 3 is 2.51 bits per heavy atom. The van der Waals surface area contributed by atoms with Crippen LogP contribution in [-0.2, 0) is 0 Å². The molecule has 0 radical (unpaired) electrons. The maximum Gasteiger partial charge on any atom is 0.179 e. The minimum Gasteiger partial charge on any atom is -0.494 e. The first-order valence-corrected chi connectivity index (χ1v) is 12.1. The lowest BCUT2D eigenvalue weighted by Gasteiger charge is -2.28. The fourth-order valence-corrected chi connectivity index (χ4v) is 4.58. The fourth-order valence-electron chi connectivity index (χ4n) is 4.58. The van der Waals surface area contributed by atoms with Gasteiger partial charge in [0.2, 0.25) is 0 Å². The van der Waals surface area contributed by atoms with Crippen molar-refractivity contribution >= 4 is 22.8 Å². The number of aromatic nitrogens is 3. The van der Waals surface area contributed by atoms with Gasteiger partial charge in [-0.1, -0.05) is 30.3 Å². The highest BCUT2D eigenvalue weighted by Gasteiger charge is 2.24. The number of anilines is 3. The fraction of sp³-hybridized carbons (Fsp3) is 0.296. The van der Waals surface area contributed by atoms with E-state index in [2.05, 4.69) is 33.8 Å². The molecule has 2 heterocycles. The van der Waals surface area contributed by atoms with E-state index in [1.807, 2.05) is 49.4 Å². The molecule has 4 aromatic rings. The number of nitrogens with two attached hydrogens (primary N) is 1. The van der Waals surface area contributed by atoms with Crippen molar-refractivity contribution in [3.8, 4) is 22.9 Å². The predicted molar refractivity (Wildman–Crippen MR) is 138 cm³/mol. The molecule has 1 aliphatic rings. The Hall–Kier alpha value is -4.09. The molecule has 1 saturated carbocycles. The van der Waals surface area contributed by atoms with E-state index in [0.717, 1.165) is 53.9 Å². The van der Waals surface area contributed by atoms with Crippen molar-refractivity contribution in [3.05, 3.63) is 66.5 Å². The molecular formula is C27H29N7O. The normalized spacial score (nSPS) is 17.6. The van der Waals surface area contributed by atoms with E-state index in [0.29, 0.717) is 23.8 Å². The molecule has 35 heavy (non-hydrogen) atoms. The first-order valence-electron chi connectivity index (χ1n) is 12.1. The molecule has 0 aliphatic heterocycles. The molecule has 1 fully saturated rings. The lowest BCUT2D eigenvalue weighted by molar-refractivity contribution is 0.340. The summed E-state index contributed by atoms with van der Waals surface area (Å²) in [6, 6.07) is 20.7. The lowest BCUT2D eigenvalue weighted by Crippen LogP contribution is -2.33. The molecule has 0 amide bonds. The number of nitriles is 1. The number of benzene rings is 2. The first kappa shape index (κ1) is 22.7. The van der Waals surface area contributed by atoms with Gasteiger partial charge in [0.15, 0.2) is 17.2 Å². The van der Waals surface area contributed by atoms with Gasteiger partial charge in [0.1, 0.15) is 11.8 Å². The Balaban J connectivity index is 1.65. The first-order chi connectivity index (χ1) is 17.2. The van der Waals surface area contributed by atoms with Gasteiger partial charge in [-0.3, -0.25) is 0 Å². The Bertz CT molecular complexity index is 1330. The topological polar surface area (TPSA) is 113 Å². The van der Waals surface area contributed by atoms with Crippen molar-refractivity contribution in [1.29, 1.82) is 5.26 Å². The molecule has 178 valence electrons. The van der Waals surface area contributed by atoms with Crippen LogP contribution in [0.1, 0.15) is 38.3 Å². The van der Waals surface area contributed by atoms with Crippen LogP contribution in [0.5, 0.6) is 5.75 Å². The second-order valence-corrected chi connectivity index (χ2v) is 8.79. The maximum absolute atomic E-state index is 9.69. The van der Waals surface area contributed by atoms with Crippen LogP contribution in [0, 0.1) is 11.3 Å². The van der Waals surface area contributed by atoms with E-state index in [9.17, 15) is 5.26 Å². The summed E-state index contributed by atoms with van der Waals surface area (Å²) in [5.41, 5.74) is 10.7. The SMILES string of the molecule is CCOc1ccc(Nc2c(-c3ccccc3)c(N[C@H]3CC[C@H](N)CC3)nn3c(C#N)cnc23)cc1. The summed E-state index contributed by atoms with van der Waals surface area (Å²) >= 11 is 0. The highest BCUT2D eigenvalue weighted by atomic mass is 16.5. The van der Waals surface area contributed by atoms with Gasteiger partial charge in [-0.2, -0.15) is 9.78 Å². The van der Waals surface area contributed by atoms with Gasteiger partial charge >= 0.3 is 0 Å². The Kier molecular flexibility index (Phi) is 6.51. The van der Waals surface area contributed by atoms with E-state index in [-0.39, 0.29) is 12.1 Å². The third-order valence-corrected chi connectivity index (χ3v) is 6.37. The highest BCUT2D eigenvalue weighted by Crippen LogP contribution is 2.39. The number of nitrogens with one attached hydrogen (secondary N) is 2. The van der Waals surface area contributed by atoms with Gasteiger partial charge in [-0.15, -0.1) is 5.10 Å². The van der Waals surface area contributed by atoms with Gasteiger partial charge in [-0.25, -0.2) is 4.98 Å². The number of nitrogens with zero attached hydrogens (tertiary/aromatic N) is 4. The minimum absolute atomic E-state index is 0.257. The van der Waals surface area contributed by atoms with Crippen LogP contribution in [0.3, 0.4) is 0 Å². The molecule has 2 aromatic heterocycles. The van der Waals surface area contributed by atoms with E-state index in [1.54, 1.807) is 10.7 Å². The maximum atomic E-state index is 9.69. The molecule has 8 nitrogen and oxygen atoms in total. The molecule has 0 atom stereocenters. The summed E-state index contributed by atoms with van der Waals surface area (Å²) in [7, 11) is 0. The predicted octanol–water partition coefficient (Wildman–Crippen LogP) is 5.09. The minimum atomic E-state index is 0.257. The van der Waals surface area contributed by atoms with Gasteiger partial charge in [0.05, 0.1) is 24.1 Å². The van der Waals surface area contributed by atoms with Crippen molar-refractivity contribution in [2.24, 2.45) is 5.73 Å². The zero-order chi connectivity index (χ0) is 24.2. The summed E-state index contributed by atoms with van der Waals surface area (Å²) < 4.78 is 7.21. The number of rotatable bonds is 7. The van der Waals surface area contributed by atoms with Crippen LogP contribution >= 0.6 is 0 Å². The summed E-state index contributed by atoms with van der Waals surface area (Å²) in [4.78, 5) is 4.56. The van der Waals surface area contributed by atoms with Crippen molar-refractivity contribution < 1.29 is 4.74 Å².